The maximum Gasteiger partial charge on any atom is 0.190 e. The van der Waals surface area contributed by atoms with E-state index in [0.29, 0.717) is 12.4 Å². The van der Waals surface area contributed by atoms with Gasteiger partial charge in [-0.25, -0.2) is 9.97 Å². The second-order valence-electron chi connectivity index (χ2n) is 6.00. The summed E-state index contributed by atoms with van der Waals surface area (Å²) in [5.74, 6) is 1.43. The van der Waals surface area contributed by atoms with Gasteiger partial charge in [0.2, 0.25) is 0 Å². The van der Waals surface area contributed by atoms with Gasteiger partial charge in [0.05, 0.1) is 35.2 Å². The molecule has 0 fully saturated rings. The molecule has 0 spiro atoms. The fourth-order valence-electron chi connectivity index (χ4n) is 2.88. The number of aryl methyl sites for hydroxylation is 1. The number of rotatable bonds is 7. The number of nitrogens with one attached hydrogen (secondary N) is 4. The summed E-state index contributed by atoms with van der Waals surface area (Å²) >= 11 is 1.59. The highest BCUT2D eigenvalue weighted by Crippen LogP contribution is 2.32. The van der Waals surface area contributed by atoms with Crippen molar-refractivity contribution in [1.29, 1.82) is 5.41 Å². The molecule has 0 aromatic carbocycles. The van der Waals surface area contributed by atoms with E-state index in [2.05, 4.69) is 32.4 Å². The van der Waals surface area contributed by atoms with E-state index in [1.165, 1.54) is 6.21 Å². The first kappa shape index (κ1) is 17.4. The van der Waals surface area contributed by atoms with Crippen LogP contribution in [0.5, 0.6) is 0 Å². The highest BCUT2D eigenvalue weighted by atomic mass is 32.1. The number of anilines is 3. The number of nitrogens with zero attached hydrogens (tertiary/aromatic N) is 5. The first-order valence-corrected chi connectivity index (χ1v) is 9.59. The molecule has 4 N–H and O–H groups in total. The summed E-state index contributed by atoms with van der Waals surface area (Å²) < 4.78 is 1.87. The molecule has 10 heteroatoms. The highest BCUT2D eigenvalue weighted by molar-refractivity contribution is 7.14. The van der Waals surface area contributed by atoms with Gasteiger partial charge >= 0.3 is 0 Å². The van der Waals surface area contributed by atoms with Crippen molar-refractivity contribution < 1.29 is 0 Å². The van der Waals surface area contributed by atoms with Crippen LogP contribution in [-0.4, -0.2) is 32.5 Å². The van der Waals surface area contributed by atoms with Crippen molar-refractivity contribution in [2.75, 3.05) is 22.3 Å². The van der Waals surface area contributed by atoms with E-state index in [0.717, 1.165) is 45.6 Å². The van der Waals surface area contributed by atoms with Gasteiger partial charge in [-0.15, -0.1) is 16.9 Å². The monoisotopic (exact) mass is 383 g/mol. The first-order valence-electron chi connectivity index (χ1n) is 8.78. The highest BCUT2D eigenvalue weighted by Gasteiger charge is 2.23. The Morgan fingerprint density at radius 3 is 2.96 bits per heavy atom. The Balaban J connectivity index is 1.59. The fraction of sp³-hybridized carbons (Fsp3) is 0.294. The van der Waals surface area contributed by atoms with E-state index in [-0.39, 0.29) is 0 Å². The van der Waals surface area contributed by atoms with E-state index in [1.54, 1.807) is 23.7 Å². The van der Waals surface area contributed by atoms with E-state index in [4.69, 9.17) is 10.4 Å². The van der Waals surface area contributed by atoms with Crippen LogP contribution >= 0.6 is 11.3 Å². The zero-order chi connectivity index (χ0) is 18.8. The van der Waals surface area contributed by atoms with Crippen molar-refractivity contribution in [2.45, 2.75) is 26.9 Å². The minimum Gasteiger partial charge on any atom is -0.384 e. The van der Waals surface area contributed by atoms with Gasteiger partial charge in [-0.3, -0.25) is 15.1 Å². The zero-order valence-corrected chi connectivity index (χ0v) is 16.0. The van der Waals surface area contributed by atoms with Crippen molar-refractivity contribution in [3.63, 3.8) is 0 Å². The molecule has 27 heavy (non-hydrogen) atoms. The Morgan fingerprint density at radius 2 is 2.22 bits per heavy atom. The standard InChI is InChI=1S/C17H21N9S/c1-3-19-13-5-12(27-15(13)6-18)10-26-17-16(23-24-26)20-8-14(22-17)11-7-21-25(4-2)9-11/h5-9,18-19,24H,3-4,10H2,1-2H3,(H,20,23). The van der Waals surface area contributed by atoms with E-state index >= 15 is 0 Å². The van der Waals surface area contributed by atoms with Crippen LogP contribution in [0.4, 0.5) is 17.3 Å². The maximum atomic E-state index is 7.59. The van der Waals surface area contributed by atoms with Crippen molar-refractivity contribution in [1.82, 2.24) is 25.3 Å². The molecule has 140 valence electrons. The fourth-order valence-corrected chi connectivity index (χ4v) is 3.83. The summed E-state index contributed by atoms with van der Waals surface area (Å²) in [6.07, 6.45) is 6.90. The topological polar surface area (TPSA) is 107 Å². The van der Waals surface area contributed by atoms with E-state index in [1.807, 2.05) is 29.7 Å². The van der Waals surface area contributed by atoms with Crippen molar-refractivity contribution in [3.8, 4) is 11.3 Å². The van der Waals surface area contributed by atoms with Crippen LogP contribution in [0.1, 0.15) is 23.6 Å². The summed E-state index contributed by atoms with van der Waals surface area (Å²) in [6.45, 7) is 6.35. The molecule has 4 rings (SSSR count). The summed E-state index contributed by atoms with van der Waals surface area (Å²) in [5, 5.41) is 17.1. The molecule has 3 aromatic heterocycles. The average Bonchev–Trinajstić information content (AvgIpc) is 3.41. The minimum absolute atomic E-state index is 0.614. The first-order chi connectivity index (χ1) is 13.2. The van der Waals surface area contributed by atoms with Crippen LogP contribution < -0.4 is 21.3 Å². The molecule has 0 saturated carbocycles. The van der Waals surface area contributed by atoms with Crippen LogP contribution in [0.3, 0.4) is 0 Å². The number of aromatic nitrogens is 4. The number of hydrogen-bond acceptors (Lipinski definition) is 9. The normalized spacial score (nSPS) is 12.7. The van der Waals surface area contributed by atoms with Crippen LogP contribution in [0.25, 0.3) is 11.3 Å². The number of hydrogen-bond donors (Lipinski definition) is 4. The van der Waals surface area contributed by atoms with E-state index < -0.39 is 0 Å². The molecule has 0 amide bonds. The smallest absolute Gasteiger partial charge is 0.190 e. The van der Waals surface area contributed by atoms with Crippen LogP contribution in [0.15, 0.2) is 24.7 Å². The number of thiophene rings is 1. The van der Waals surface area contributed by atoms with Gasteiger partial charge in [0.15, 0.2) is 11.6 Å². The predicted molar refractivity (Wildman–Crippen MR) is 108 cm³/mol. The third kappa shape index (κ3) is 3.36. The summed E-state index contributed by atoms with van der Waals surface area (Å²) in [6, 6.07) is 2.08. The third-order valence-electron chi connectivity index (χ3n) is 4.20. The second-order valence-corrected chi connectivity index (χ2v) is 7.17. The zero-order valence-electron chi connectivity index (χ0n) is 15.2. The SMILES string of the molecule is CCNc1cc(CN2NNc3ncc(-c4cnn(CC)c4)nc32)sc1C=N. The molecule has 9 nitrogen and oxygen atoms in total. The molecule has 1 aliphatic rings. The Morgan fingerprint density at radius 1 is 1.33 bits per heavy atom. The van der Waals surface area contributed by atoms with Gasteiger partial charge in [-0.1, -0.05) is 0 Å². The molecule has 0 atom stereocenters. The molecule has 3 aromatic rings. The van der Waals surface area contributed by atoms with Crippen LogP contribution in [-0.2, 0) is 13.1 Å². The Kier molecular flexibility index (Phi) is 4.73. The lowest BCUT2D eigenvalue weighted by Gasteiger charge is -2.15. The summed E-state index contributed by atoms with van der Waals surface area (Å²) in [7, 11) is 0. The van der Waals surface area contributed by atoms with Gasteiger partial charge in [0.1, 0.15) is 0 Å². The lowest BCUT2D eigenvalue weighted by molar-refractivity contribution is 0.660. The van der Waals surface area contributed by atoms with Gasteiger partial charge in [-0.05, 0) is 19.9 Å². The molecule has 0 unspecified atom stereocenters. The molecule has 1 aliphatic heterocycles. The summed E-state index contributed by atoms with van der Waals surface area (Å²) in [5.41, 5.74) is 8.88. The second kappa shape index (κ2) is 7.33. The van der Waals surface area contributed by atoms with Crippen molar-refractivity contribution >= 4 is 34.9 Å². The van der Waals surface area contributed by atoms with Crippen molar-refractivity contribution in [3.05, 3.63) is 34.4 Å². The number of fused-ring (bicyclic) bond motifs is 1. The van der Waals surface area contributed by atoms with Crippen molar-refractivity contribution in [2.24, 2.45) is 0 Å². The largest absolute Gasteiger partial charge is 0.384 e. The Hall–Kier alpha value is -2.98. The quantitative estimate of drug-likeness (QED) is 0.465. The van der Waals surface area contributed by atoms with E-state index in [9.17, 15) is 0 Å². The van der Waals surface area contributed by atoms with Crippen LogP contribution in [0, 0.1) is 5.41 Å². The summed E-state index contributed by atoms with van der Waals surface area (Å²) in [4.78, 5) is 11.3. The molecule has 4 heterocycles. The minimum atomic E-state index is 0.614. The lowest BCUT2D eigenvalue weighted by Crippen LogP contribution is -2.35. The molecule has 0 aliphatic carbocycles. The maximum absolute atomic E-state index is 7.59. The Labute approximate surface area is 160 Å². The molecule has 0 saturated heterocycles. The lowest BCUT2D eigenvalue weighted by atomic mass is 10.2. The van der Waals surface area contributed by atoms with Crippen LogP contribution in [0.2, 0.25) is 0 Å². The molecular formula is C17H21N9S. The molecule has 0 bridgehead atoms. The van der Waals surface area contributed by atoms with Gasteiger partial charge in [0.25, 0.3) is 0 Å². The van der Waals surface area contributed by atoms with Gasteiger partial charge in [0, 0.05) is 35.9 Å². The van der Waals surface area contributed by atoms with Gasteiger partial charge < -0.3 is 10.7 Å². The Bertz CT molecular complexity index is 961. The molecular weight excluding hydrogens is 362 g/mol. The van der Waals surface area contributed by atoms with Gasteiger partial charge in [-0.2, -0.15) is 5.10 Å². The molecule has 0 radical (unpaired) electrons. The average molecular weight is 383 g/mol. The third-order valence-corrected chi connectivity index (χ3v) is 5.26. The number of hydrazine groups is 2. The predicted octanol–water partition coefficient (Wildman–Crippen LogP) is 2.70.